The van der Waals surface area contributed by atoms with Crippen LogP contribution in [0.1, 0.15) is 27.9 Å². The third kappa shape index (κ3) is 6.47. The Morgan fingerprint density at radius 2 is 1.52 bits per heavy atom. The molecule has 0 fully saturated rings. The number of benzene rings is 2. The molecule has 2 rings (SSSR count). The van der Waals surface area contributed by atoms with Gasteiger partial charge in [0.1, 0.15) is 0 Å². The van der Waals surface area contributed by atoms with E-state index in [-0.39, 0.29) is 18.4 Å². The largest absolute Gasteiger partial charge is 0.368 e. The monoisotopic (exact) mass is 339 g/mol. The maximum absolute atomic E-state index is 11.9. The average molecular weight is 339 g/mol. The quantitative estimate of drug-likeness (QED) is 0.672. The van der Waals surface area contributed by atoms with Crippen LogP contribution in [0.25, 0.3) is 0 Å². The summed E-state index contributed by atoms with van der Waals surface area (Å²) >= 11 is 0. The molecule has 0 unspecified atom stereocenters. The van der Waals surface area contributed by atoms with Crippen molar-refractivity contribution in [1.82, 2.24) is 10.6 Å². The van der Waals surface area contributed by atoms with Crippen LogP contribution >= 0.6 is 0 Å². The minimum absolute atomic E-state index is 0.0212. The van der Waals surface area contributed by atoms with Gasteiger partial charge in [0.05, 0.1) is 6.54 Å². The molecule has 0 aliphatic rings. The molecule has 0 atom stereocenters. The number of rotatable bonds is 8. The fourth-order valence-corrected chi connectivity index (χ4v) is 2.24. The van der Waals surface area contributed by atoms with Crippen LogP contribution in [-0.2, 0) is 22.6 Å². The van der Waals surface area contributed by atoms with Gasteiger partial charge in [-0.3, -0.25) is 14.4 Å². The number of amides is 3. The van der Waals surface area contributed by atoms with Crippen molar-refractivity contribution in [1.29, 1.82) is 0 Å². The molecule has 6 nitrogen and oxygen atoms in total. The van der Waals surface area contributed by atoms with Gasteiger partial charge in [0, 0.05) is 18.5 Å². The van der Waals surface area contributed by atoms with Crippen LogP contribution in [0.4, 0.5) is 0 Å². The molecule has 2 aromatic carbocycles. The number of aryl methyl sites for hydroxylation is 1. The number of primary amides is 1. The highest BCUT2D eigenvalue weighted by atomic mass is 16.2. The second kappa shape index (κ2) is 9.22. The van der Waals surface area contributed by atoms with Crippen molar-refractivity contribution in [3.05, 3.63) is 71.3 Å². The van der Waals surface area contributed by atoms with E-state index in [9.17, 15) is 14.4 Å². The molecule has 25 heavy (non-hydrogen) atoms. The van der Waals surface area contributed by atoms with E-state index in [0.29, 0.717) is 24.9 Å². The highest BCUT2D eigenvalue weighted by Crippen LogP contribution is 2.05. The summed E-state index contributed by atoms with van der Waals surface area (Å²) in [5.41, 5.74) is 7.43. The molecule has 130 valence electrons. The average Bonchev–Trinajstić information content (AvgIpc) is 2.64. The van der Waals surface area contributed by atoms with E-state index >= 15 is 0 Å². The number of carbonyl (C=O) groups is 3. The summed E-state index contributed by atoms with van der Waals surface area (Å²) in [5.74, 6) is -0.979. The summed E-state index contributed by atoms with van der Waals surface area (Å²) in [6, 6.07) is 16.6. The molecule has 0 radical (unpaired) electrons. The normalized spacial score (nSPS) is 10.1. The summed E-state index contributed by atoms with van der Waals surface area (Å²) in [6.07, 6.45) is 1.13. The molecule has 0 saturated carbocycles. The third-order valence-corrected chi connectivity index (χ3v) is 3.61. The lowest BCUT2D eigenvalue weighted by Crippen LogP contribution is -2.33. The lowest BCUT2D eigenvalue weighted by atomic mass is 10.1. The van der Waals surface area contributed by atoms with E-state index in [4.69, 9.17) is 5.73 Å². The maximum Gasteiger partial charge on any atom is 0.251 e. The van der Waals surface area contributed by atoms with Crippen molar-refractivity contribution >= 4 is 17.7 Å². The Bertz CT molecular complexity index is 727. The van der Waals surface area contributed by atoms with Gasteiger partial charge in [0.2, 0.25) is 11.8 Å². The molecule has 4 N–H and O–H groups in total. The van der Waals surface area contributed by atoms with E-state index in [1.54, 1.807) is 24.3 Å². The topological polar surface area (TPSA) is 101 Å². The Morgan fingerprint density at radius 3 is 2.16 bits per heavy atom. The number of hydrogen-bond donors (Lipinski definition) is 3. The number of nitrogens with one attached hydrogen (secondary N) is 2. The van der Waals surface area contributed by atoms with Crippen LogP contribution in [-0.4, -0.2) is 24.3 Å². The summed E-state index contributed by atoms with van der Waals surface area (Å²) < 4.78 is 0. The lowest BCUT2D eigenvalue weighted by Gasteiger charge is -2.07. The summed E-state index contributed by atoms with van der Waals surface area (Å²) in [4.78, 5) is 34.3. The van der Waals surface area contributed by atoms with Gasteiger partial charge < -0.3 is 16.4 Å². The van der Waals surface area contributed by atoms with Gasteiger partial charge in [-0.05, 0) is 29.7 Å². The molecular weight excluding hydrogens is 318 g/mol. The van der Waals surface area contributed by atoms with Gasteiger partial charge >= 0.3 is 0 Å². The molecule has 0 aliphatic carbocycles. The smallest absolute Gasteiger partial charge is 0.251 e. The Balaban J connectivity index is 1.76. The second-order valence-corrected chi connectivity index (χ2v) is 5.61. The van der Waals surface area contributed by atoms with Gasteiger partial charge in [0.25, 0.3) is 5.91 Å². The van der Waals surface area contributed by atoms with Gasteiger partial charge in [0.15, 0.2) is 0 Å². The Labute approximate surface area is 146 Å². The highest BCUT2D eigenvalue weighted by molar-refractivity contribution is 5.96. The molecule has 0 bridgehead atoms. The zero-order chi connectivity index (χ0) is 18.1. The fourth-order valence-electron chi connectivity index (χ4n) is 2.24. The van der Waals surface area contributed by atoms with Gasteiger partial charge in [-0.15, -0.1) is 0 Å². The lowest BCUT2D eigenvalue weighted by molar-refractivity contribution is -0.121. The highest BCUT2D eigenvalue weighted by Gasteiger charge is 2.07. The number of nitrogens with two attached hydrogens (primary N) is 1. The minimum Gasteiger partial charge on any atom is -0.368 e. The summed E-state index contributed by atoms with van der Waals surface area (Å²) in [7, 11) is 0. The van der Waals surface area contributed by atoms with Crippen molar-refractivity contribution in [2.75, 3.05) is 6.54 Å². The summed E-state index contributed by atoms with van der Waals surface area (Å²) in [6.45, 7) is 0.203. The molecule has 3 amide bonds. The van der Waals surface area contributed by atoms with Crippen molar-refractivity contribution in [2.45, 2.75) is 19.4 Å². The van der Waals surface area contributed by atoms with Crippen LogP contribution in [0.3, 0.4) is 0 Å². The molecule has 0 aromatic heterocycles. The first-order valence-electron chi connectivity index (χ1n) is 8.00. The predicted octanol–water partition coefficient (Wildman–Crippen LogP) is 1.15. The van der Waals surface area contributed by atoms with Gasteiger partial charge in [-0.2, -0.15) is 0 Å². The molecule has 0 spiro atoms. The zero-order valence-corrected chi connectivity index (χ0v) is 13.8. The summed E-state index contributed by atoms with van der Waals surface area (Å²) in [5, 5.41) is 5.27. The molecule has 0 aliphatic heterocycles. The van der Waals surface area contributed by atoms with Crippen molar-refractivity contribution < 1.29 is 14.4 Å². The van der Waals surface area contributed by atoms with Crippen molar-refractivity contribution in [2.24, 2.45) is 5.73 Å². The van der Waals surface area contributed by atoms with Crippen LogP contribution < -0.4 is 16.4 Å². The number of carbonyl (C=O) groups excluding carboxylic acids is 3. The molecule has 0 saturated heterocycles. The SMILES string of the molecule is NC(=O)CNC(=O)c1ccc(CNC(=O)CCc2ccccc2)cc1. The Morgan fingerprint density at radius 1 is 0.840 bits per heavy atom. The van der Waals surface area contributed by atoms with E-state index in [1.807, 2.05) is 30.3 Å². The predicted molar refractivity (Wildman–Crippen MR) is 94.6 cm³/mol. The first-order valence-corrected chi connectivity index (χ1v) is 8.00. The maximum atomic E-state index is 11.9. The molecule has 0 heterocycles. The van der Waals surface area contributed by atoms with Crippen LogP contribution in [0.5, 0.6) is 0 Å². The second-order valence-electron chi connectivity index (χ2n) is 5.61. The van der Waals surface area contributed by atoms with Crippen molar-refractivity contribution in [3.63, 3.8) is 0 Å². The zero-order valence-electron chi connectivity index (χ0n) is 13.8. The van der Waals surface area contributed by atoms with E-state index < -0.39 is 5.91 Å². The fraction of sp³-hybridized carbons (Fsp3) is 0.211. The molecule has 6 heteroatoms. The van der Waals surface area contributed by atoms with E-state index in [2.05, 4.69) is 10.6 Å². The Hall–Kier alpha value is -3.15. The van der Waals surface area contributed by atoms with Gasteiger partial charge in [-0.25, -0.2) is 0 Å². The first-order chi connectivity index (χ1) is 12.0. The van der Waals surface area contributed by atoms with E-state index in [0.717, 1.165) is 11.1 Å². The standard InChI is InChI=1S/C19H21N3O3/c20-17(23)13-22-19(25)16-9-6-15(7-10-16)12-21-18(24)11-8-14-4-2-1-3-5-14/h1-7,9-10H,8,11-13H2,(H2,20,23)(H,21,24)(H,22,25). The Kier molecular flexibility index (Phi) is 6.71. The number of hydrogen-bond acceptors (Lipinski definition) is 3. The van der Waals surface area contributed by atoms with Crippen LogP contribution in [0, 0.1) is 0 Å². The van der Waals surface area contributed by atoms with Crippen LogP contribution in [0.2, 0.25) is 0 Å². The third-order valence-electron chi connectivity index (χ3n) is 3.61. The first kappa shape index (κ1) is 18.2. The minimum atomic E-state index is -0.594. The van der Waals surface area contributed by atoms with Crippen LogP contribution in [0.15, 0.2) is 54.6 Å². The van der Waals surface area contributed by atoms with E-state index in [1.165, 1.54) is 0 Å². The molecule has 2 aromatic rings. The van der Waals surface area contributed by atoms with Crippen molar-refractivity contribution in [3.8, 4) is 0 Å². The van der Waals surface area contributed by atoms with Gasteiger partial charge in [-0.1, -0.05) is 42.5 Å². The molecular formula is C19H21N3O3.